The molecule has 5 nitrogen and oxygen atoms in total. The number of pyridine rings is 1. The highest BCUT2D eigenvalue weighted by Gasteiger charge is 2.15. The third-order valence-electron chi connectivity index (χ3n) is 3.55. The molecule has 0 aromatic carbocycles. The van der Waals surface area contributed by atoms with Crippen molar-refractivity contribution >= 4 is 23.5 Å². The van der Waals surface area contributed by atoms with E-state index in [9.17, 15) is 0 Å². The van der Waals surface area contributed by atoms with E-state index in [2.05, 4.69) is 45.4 Å². The number of nitrogens with zero attached hydrogens (tertiary/aromatic N) is 3. The summed E-state index contributed by atoms with van der Waals surface area (Å²) in [5.74, 6) is 3.16. The van der Waals surface area contributed by atoms with Gasteiger partial charge in [-0.1, -0.05) is 0 Å². The maximum Gasteiger partial charge on any atom is 0.191 e. The molecular weight excluding hydrogens is 294 g/mol. The van der Waals surface area contributed by atoms with E-state index in [0.29, 0.717) is 6.54 Å². The summed E-state index contributed by atoms with van der Waals surface area (Å²) < 4.78 is 0. The molecule has 122 valence electrons. The van der Waals surface area contributed by atoms with Crippen LogP contribution >= 0.6 is 11.8 Å². The minimum Gasteiger partial charge on any atom is -0.363 e. The van der Waals surface area contributed by atoms with Gasteiger partial charge in [0.05, 0.1) is 6.54 Å². The molecule has 2 rings (SSSR count). The Morgan fingerprint density at radius 1 is 1.45 bits per heavy atom. The SMILES string of the molecule is CCNC(=NCc1ccnc(N(C)C)c1)NCC1CCCS1. The molecule has 1 aliphatic rings. The van der Waals surface area contributed by atoms with E-state index in [0.717, 1.165) is 30.1 Å². The molecular formula is C16H27N5S. The van der Waals surface area contributed by atoms with Crippen molar-refractivity contribution in [1.29, 1.82) is 0 Å². The fourth-order valence-electron chi connectivity index (χ4n) is 2.33. The molecule has 1 fully saturated rings. The topological polar surface area (TPSA) is 52.6 Å². The van der Waals surface area contributed by atoms with Gasteiger partial charge < -0.3 is 15.5 Å². The maximum atomic E-state index is 4.68. The Kier molecular flexibility index (Phi) is 6.83. The van der Waals surface area contributed by atoms with Crippen LogP contribution in [0.1, 0.15) is 25.3 Å². The Bertz CT molecular complexity index is 483. The van der Waals surface area contributed by atoms with Crippen molar-refractivity contribution in [2.24, 2.45) is 4.99 Å². The van der Waals surface area contributed by atoms with Gasteiger partial charge in [-0.3, -0.25) is 0 Å². The third kappa shape index (κ3) is 5.40. The molecule has 1 unspecified atom stereocenters. The van der Waals surface area contributed by atoms with Crippen molar-refractivity contribution in [2.45, 2.75) is 31.6 Å². The molecule has 2 N–H and O–H groups in total. The number of guanidine groups is 1. The fourth-order valence-corrected chi connectivity index (χ4v) is 3.53. The highest BCUT2D eigenvalue weighted by atomic mass is 32.2. The minimum absolute atomic E-state index is 0.663. The van der Waals surface area contributed by atoms with Crippen molar-refractivity contribution in [2.75, 3.05) is 37.8 Å². The van der Waals surface area contributed by atoms with Crippen molar-refractivity contribution < 1.29 is 0 Å². The summed E-state index contributed by atoms with van der Waals surface area (Å²) in [6.45, 7) is 4.63. The van der Waals surface area contributed by atoms with Crippen LogP contribution < -0.4 is 15.5 Å². The van der Waals surface area contributed by atoms with E-state index in [1.54, 1.807) is 0 Å². The van der Waals surface area contributed by atoms with E-state index in [1.807, 2.05) is 31.3 Å². The van der Waals surface area contributed by atoms with E-state index in [4.69, 9.17) is 0 Å². The average Bonchev–Trinajstić information content (AvgIpc) is 3.03. The Hall–Kier alpha value is -1.43. The number of anilines is 1. The van der Waals surface area contributed by atoms with Crippen LogP contribution in [0, 0.1) is 0 Å². The van der Waals surface area contributed by atoms with Crippen LogP contribution in [-0.2, 0) is 6.54 Å². The van der Waals surface area contributed by atoms with Gasteiger partial charge in [0.2, 0.25) is 0 Å². The van der Waals surface area contributed by atoms with Gasteiger partial charge in [0.25, 0.3) is 0 Å². The Morgan fingerprint density at radius 3 is 3.00 bits per heavy atom. The highest BCUT2D eigenvalue weighted by molar-refractivity contribution is 8.00. The Balaban J connectivity index is 1.92. The van der Waals surface area contributed by atoms with Gasteiger partial charge in [-0.15, -0.1) is 0 Å². The van der Waals surface area contributed by atoms with Crippen LogP contribution in [0.25, 0.3) is 0 Å². The standard InChI is InChI=1S/C16H27N5S/c1-4-17-16(20-12-14-6-5-9-22-14)19-11-13-7-8-18-15(10-13)21(2)3/h7-8,10,14H,4-6,9,11-12H2,1-3H3,(H2,17,19,20). The molecule has 1 aliphatic heterocycles. The number of hydrogen-bond donors (Lipinski definition) is 2. The number of aliphatic imine (C=N–C) groups is 1. The first-order valence-corrected chi connectivity index (χ1v) is 9.00. The van der Waals surface area contributed by atoms with Gasteiger partial charge in [-0.2, -0.15) is 11.8 Å². The summed E-state index contributed by atoms with van der Waals surface area (Å²) in [5, 5.41) is 7.51. The van der Waals surface area contributed by atoms with E-state index in [-0.39, 0.29) is 0 Å². The monoisotopic (exact) mass is 321 g/mol. The van der Waals surface area contributed by atoms with Gasteiger partial charge in [0.15, 0.2) is 5.96 Å². The average molecular weight is 321 g/mol. The number of aromatic nitrogens is 1. The second-order valence-electron chi connectivity index (χ2n) is 5.63. The van der Waals surface area contributed by atoms with Crippen LogP contribution in [0.4, 0.5) is 5.82 Å². The highest BCUT2D eigenvalue weighted by Crippen LogP contribution is 2.25. The summed E-state index contributed by atoms with van der Waals surface area (Å²) >= 11 is 2.06. The lowest BCUT2D eigenvalue weighted by Crippen LogP contribution is -2.40. The molecule has 0 saturated carbocycles. The molecule has 0 bridgehead atoms. The lowest BCUT2D eigenvalue weighted by Gasteiger charge is -2.15. The normalized spacial score (nSPS) is 18.3. The summed E-state index contributed by atoms with van der Waals surface area (Å²) in [6.07, 6.45) is 4.50. The van der Waals surface area contributed by atoms with Gasteiger partial charge >= 0.3 is 0 Å². The lowest BCUT2D eigenvalue weighted by molar-refractivity contribution is 0.727. The zero-order chi connectivity index (χ0) is 15.8. The number of thioether (sulfide) groups is 1. The molecule has 6 heteroatoms. The lowest BCUT2D eigenvalue weighted by atomic mass is 10.2. The minimum atomic E-state index is 0.663. The first kappa shape index (κ1) is 16.9. The number of rotatable bonds is 6. The predicted molar refractivity (Wildman–Crippen MR) is 96.9 cm³/mol. The molecule has 0 radical (unpaired) electrons. The Morgan fingerprint density at radius 2 is 2.32 bits per heavy atom. The molecule has 1 aromatic heterocycles. The molecule has 1 saturated heterocycles. The second kappa shape index (κ2) is 8.88. The van der Waals surface area contributed by atoms with E-state index >= 15 is 0 Å². The number of nitrogens with one attached hydrogen (secondary N) is 2. The second-order valence-corrected chi connectivity index (χ2v) is 7.04. The molecule has 0 amide bonds. The largest absolute Gasteiger partial charge is 0.363 e. The zero-order valence-electron chi connectivity index (χ0n) is 13.8. The van der Waals surface area contributed by atoms with Gasteiger partial charge in [0, 0.05) is 38.6 Å². The van der Waals surface area contributed by atoms with Crippen LogP contribution in [0.3, 0.4) is 0 Å². The zero-order valence-corrected chi connectivity index (χ0v) is 14.6. The first-order valence-electron chi connectivity index (χ1n) is 7.95. The van der Waals surface area contributed by atoms with Crippen LogP contribution in [-0.4, -0.2) is 49.1 Å². The third-order valence-corrected chi connectivity index (χ3v) is 4.95. The summed E-state index contributed by atoms with van der Waals surface area (Å²) in [7, 11) is 4.00. The molecule has 2 heterocycles. The van der Waals surface area contributed by atoms with Gasteiger partial charge in [-0.05, 0) is 43.2 Å². The van der Waals surface area contributed by atoms with Crippen LogP contribution in [0.5, 0.6) is 0 Å². The molecule has 1 atom stereocenters. The van der Waals surface area contributed by atoms with Gasteiger partial charge in [-0.25, -0.2) is 9.98 Å². The van der Waals surface area contributed by atoms with E-state index < -0.39 is 0 Å². The van der Waals surface area contributed by atoms with Crippen molar-refractivity contribution in [1.82, 2.24) is 15.6 Å². The van der Waals surface area contributed by atoms with Crippen molar-refractivity contribution in [3.8, 4) is 0 Å². The number of hydrogen-bond acceptors (Lipinski definition) is 4. The summed E-state index contributed by atoms with van der Waals surface area (Å²) in [5.41, 5.74) is 1.17. The van der Waals surface area contributed by atoms with E-state index in [1.165, 1.54) is 24.2 Å². The molecule has 0 aliphatic carbocycles. The van der Waals surface area contributed by atoms with Crippen molar-refractivity contribution in [3.63, 3.8) is 0 Å². The van der Waals surface area contributed by atoms with Crippen molar-refractivity contribution in [3.05, 3.63) is 23.9 Å². The molecule has 1 aromatic rings. The summed E-state index contributed by atoms with van der Waals surface area (Å²) in [6, 6.07) is 4.10. The van der Waals surface area contributed by atoms with Crippen LogP contribution in [0.15, 0.2) is 23.3 Å². The predicted octanol–water partition coefficient (Wildman–Crippen LogP) is 2.10. The van der Waals surface area contributed by atoms with Crippen LogP contribution in [0.2, 0.25) is 0 Å². The Labute approximate surface area is 138 Å². The first-order chi connectivity index (χ1) is 10.7. The molecule has 0 spiro atoms. The maximum absolute atomic E-state index is 4.68. The summed E-state index contributed by atoms with van der Waals surface area (Å²) in [4.78, 5) is 11.0. The quantitative estimate of drug-likeness (QED) is 0.621. The van der Waals surface area contributed by atoms with Gasteiger partial charge in [0.1, 0.15) is 5.82 Å². The molecule has 22 heavy (non-hydrogen) atoms. The smallest absolute Gasteiger partial charge is 0.191 e. The fraction of sp³-hybridized carbons (Fsp3) is 0.625.